The van der Waals surface area contributed by atoms with Gasteiger partial charge in [-0.15, -0.1) is 10.2 Å². The van der Waals surface area contributed by atoms with Gasteiger partial charge in [-0.3, -0.25) is 19.8 Å². The molecule has 0 amide bonds. The molecule has 0 saturated heterocycles. The van der Waals surface area contributed by atoms with Crippen LogP contribution in [0.25, 0.3) is 5.69 Å². The van der Waals surface area contributed by atoms with Gasteiger partial charge in [0.2, 0.25) is 5.88 Å². The fraction of sp³-hybridized carbons (Fsp3) is 0. The summed E-state index contributed by atoms with van der Waals surface area (Å²) >= 11 is 0. The lowest BCUT2D eigenvalue weighted by atomic mass is 10.2. The Morgan fingerprint density at radius 3 is 2.41 bits per heavy atom. The topological polar surface area (TPSA) is 130 Å². The molecule has 9 heteroatoms. The Morgan fingerprint density at radius 2 is 1.77 bits per heavy atom. The second-order valence-corrected chi connectivity index (χ2v) is 4.35. The maximum absolute atomic E-state index is 12.0. The van der Waals surface area contributed by atoms with Crippen molar-refractivity contribution < 1.29 is 5.11 Å². The summed E-state index contributed by atoms with van der Waals surface area (Å²) in [5.74, 6) is -0.980. The molecule has 3 N–H and O–H groups in total. The number of benzene rings is 1. The van der Waals surface area contributed by atoms with Crippen LogP contribution in [0.2, 0.25) is 0 Å². The van der Waals surface area contributed by atoms with E-state index in [1.54, 1.807) is 30.3 Å². The van der Waals surface area contributed by atoms with Crippen molar-refractivity contribution in [3.8, 4) is 11.6 Å². The fourth-order valence-electron chi connectivity index (χ4n) is 2.00. The van der Waals surface area contributed by atoms with Gasteiger partial charge in [0.1, 0.15) is 24.1 Å². The molecular formula is C13H10N6O3. The number of aromatic amines is 1. The molecule has 22 heavy (non-hydrogen) atoms. The molecule has 0 aliphatic carbocycles. The highest BCUT2D eigenvalue weighted by Gasteiger charge is 2.20. The molecule has 2 aromatic heterocycles. The van der Waals surface area contributed by atoms with Gasteiger partial charge < -0.3 is 5.11 Å². The van der Waals surface area contributed by atoms with Crippen LogP contribution in [-0.4, -0.2) is 35.3 Å². The molecule has 0 saturated carbocycles. The van der Waals surface area contributed by atoms with E-state index in [-0.39, 0.29) is 11.4 Å². The van der Waals surface area contributed by atoms with Crippen molar-refractivity contribution in [2.24, 2.45) is 0 Å². The summed E-state index contributed by atoms with van der Waals surface area (Å²) in [6, 6.07) is 8.28. The predicted octanol–water partition coefficient (Wildman–Crippen LogP) is -0.303. The highest BCUT2D eigenvalue weighted by Crippen LogP contribution is 2.16. The number of nitrogens with zero attached hydrogens (tertiary/aromatic N) is 4. The normalized spacial score (nSPS) is 10.5. The molecule has 2 heterocycles. The number of hydrogen-bond donors (Lipinski definition) is 3. The largest absolute Gasteiger partial charge is 0.493 e. The Labute approximate surface area is 122 Å². The molecule has 1 aromatic carbocycles. The molecule has 3 rings (SSSR count). The number of aromatic nitrogens is 5. The van der Waals surface area contributed by atoms with E-state index in [2.05, 4.69) is 15.2 Å². The summed E-state index contributed by atoms with van der Waals surface area (Å²) in [5, 5.41) is 25.4. The quantitative estimate of drug-likeness (QED) is 0.441. The zero-order valence-corrected chi connectivity index (χ0v) is 11.1. The van der Waals surface area contributed by atoms with E-state index in [1.165, 1.54) is 12.7 Å². The van der Waals surface area contributed by atoms with E-state index in [9.17, 15) is 14.7 Å². The average Bonchev–Trinajstić information content (AvgIpc) is 3.02. The highest BCUT2D eigenvalue weighted by atomic mass is 16.3. The second-order valence-electron chi connectivity index (χ2n) is 4.35. The zero-order valence-electron chi connectivity index (χ0n) is 11.1. The van der Waals surface area contributed by atoms with Crippen LogP contribution in [0.4, 0.5) is 0 Å². The maximum atomic E-state index is 12.0. The molecular weight excluding hydrogens is 288 g/mol. The number of H-pyrrole nitrogens is 1. The minimum atomic E-state index is -0.867. The molecule has 110 valence electrons. The van der Waals surface area contributed by atoms with Gasteiger partial charge >= 0.3 is 5.69 Å². The Morgan fingerprint density at radius 1 is 1.14 bits per heavy atom. The highest BCUT2D eigenvalue weighted by molar-refractivity contribution is 5.99. The van der Waals surface area contributed by atoms with Crippen LogP contribution in [0.3, 0.4) is 0 Å². The summed E-state index contributed by atoms with van der Waals surface area (Å²) in [5.41, 5.74) is -1.66. The van der Waals surface area contributed by atoms with Crippen LogP contribution < -0.4 is 11.2 Å². The molecule has 3 aromatic rings. The minimum Gasteiger partial charge on any atom is -0.493 e. The summed E-state index contributed by atoms with van der Waals surface area (Å²) in [6.07, 6.45) is 2.42. The lowest BCUT2D eigenvalue weighted by Gasteiger charge is -2.11. The zero-order chi connectivity index (χ0) is 15.7. The van der Waals surface area contributed by atoms with Gasteiger partial charge in [0, 0.05) is 0 Å². The molecule has 0 aliphatic rings. The van der Waals surface area contributed by atoms with Gasteiger partial charge in [0.25, 0.3) is 5.56 Å². The minimum absolute atomic E-state index is 0.353. The van der Waals surface area contributed by atoms with Gasteiger partial charge in [-0.25, -0.2) is 9.36 Å². The average molecular weight is 298 g/mol. The van der Waals surface area contributed by atoms with Crippen LogP contribution >= 0.6 is 0 Å². The number of rotatable bonds is 2. The van der Waals surface area contributed by atoms with Gasteiger partial charge in [-0.2, -0.15) is 0 Å². The van der Waals surface area contributed by atoms with Crippen molar-refractivity contribution in [2.75, 3.05) is 0 Å². The third kappa shape index (κ3) is 2.10. The van der Waals surface area contributed by atoms with Crippen molar-refractivity contribution in [1.29, 1.82) is 5.41 Å². The van der Waals surface area contributed by atoms with E-state index in [4.69, 9.17) is 5.41 Å². The fourth-order valence-corrected chi connectivity index (χ4v) is 2.00. The first-order valence-corrected chi connectivity index (χ1v) is 6.17. The number of nitrogens with one attached hydrogen (secondary N) is 2. The summed E-state index contributed by atoms with van der Waals surface area (Å²) in [4.78, 5) is 26.0. The van der Waals surface area contributed by atoms with Crippen molar-refractivity contribution >= 4 is 5.84 Å². The monoisotopic (exact) mass is 298 g/mol. The van der Waals surface area contributed by atoms with Crippen LogP contribution in [0, 0.1) is 5.41 Å². The SMILES string of the molecule is N=C(c1c(O)n(-c2ccccc2)c(=O)[nH]c1=O)n1cnnc1. The lowest BCUT2D eigenvalue weighted by molar-refractivity contribution is 0.429. The summed E-state index contributed by atoms with van der Waals surface area (Å²) < 4.78 is 2.06. The predicted molar refractivity (Wildman–Crippen MR) is 76.6 cm³/mol. The Hall–Kier alpha value is -3.49. The van der Waals surface area contributed by atoms with Crippen molar-refractivity contribution in [3.63, 3.8) is 0 Å². The van der Waals surface area contributed by atoms with E-state index >= 15 is 0 Å². The van der Waals surface area contributed by atoms with Crippen molar-refractivity contribution in [3.05, 3.63) is 69.4 Å². The standard InChI is InChI=1S/C13H10N6O3/c14-10(18-6-15-16-7-18)9-11(20)17-13(22)19(12(9)21)8-4-2-1-3-5-8/h1-7,14,21H,(H,17,20,22). The lowest BCUT2D eigenvalue weighted by Crippen LogP contribution is -2.34. The first kappa shape index (κ1) is 13.5. The molecule has 9 nitrogen and oxygen atoms in total. The third-order valence-electron chi connectivity index (χ3n) is 3.01. The first-order valence-electron chi connectivity index (χ1n) is 6.17. The molecule has 0 spiro atoms. The smallest absolute Gasteiger partial charge is 0.335 e. The van der Waals surface area contributed by atoms with E-state index < -0.39 is 17.1 Å². The summed E-state index contributed by atoms with van der Waals surface area (Å²) in [6.45, 7) is 0. The van der Waals surface area contributed by atoms with E-state index in [0.29, 0.717) is 5.69 Å². The molecule has 0 bridgehead atoms. The van der Waals surface area contributed by atoms with Crippen LogP contribution in [0.15, 0.2) is 52.6 Å². The molecule has 0 radical (unpaired) electrons. The van der Waals surface area contributed by atoms with Crippen molar-refractivity contribution in [2.45, 2.75) is 0 Å². The number of para-hydroxylation sites is 1. The molecule has 0 atom stereocenters. The molecule has 0 aliphatic heterocycles. The van der Waals surface area contributed by atoms with Crippen molar-refractivity contribution in [1.82, 2.24) is 24.3 Å². The van der Waals surface area contributed by atoms with Crippen LogP contribution in [0.5, 0.6) is 5.88 Å². The van der Waals surface area contributed by atoms with Gasteiger partial charge in [-0.05, 0) is 12.1 Å². The molecule has 0 fully saturated rings. The Kier molecular flexibility index (Phi) is 3.14. The van der Waals surface area contributed by atoms with Crippen LogP contribution in [0.1, 0.15) is 5.56 Å². The van der Waals surface area contributed by atoms with E-state index in [0.717, 1.165) is 9.13 Å². The Bertz CT molecular complexity index is 940. The summed E-state index contributed by atoms with van der Waals surface area (Å²) in [7, 11) is 0. The number of aromatic hydroxyl groups is 1. The Balaban J connectivity index is 2.27. The van der Waals surface area contributed by atoms with Crippen LogP contribution in [-0.2, 0) is 0 Å². The van der Waals surface area contributed by atoms with Gasteiger partial charge in [-0.1, -0.05) is 18.2 Å². The third-order valence-corrected chi connectivity index (χ3v) is 3.01. The van der Waals surface area contributed by atoms with Gasteiger partial charge in [0.15, 0.2) is 0 Å². The first-order chi connectivity index (χ1) is 10.6. The maximum Gasteiger partial charge on any atom is 0.335 e. The molecule has 0 unspecified atom stereocenters. The second kappa shape index (κ2) is 5.13. The van der Waals surface area contributed by atoms with E-state index in [1.807, 2.05) is 0 Å². The number of hydrogen-bond acceptors (Lipinski definition) is 6. The van der Waals surface area contributed by atoms with Gasteiger partial charge in [0.05, 0.1) is 5.69 Å².